The smallest absolute Gasteiger partial charge is 0.241 e. The van der Waals surface area contributed by atoms with Crippen molar-refractivity contribution in [1.29, 1.82) is 0 Å². The van der Waals surface area contributed by atoms with E-state index in [1.54, 1.807) is 17.2 Å². The van der Waals surface area contributed by atoms with E-state index in [9.17, 15) is 4.79 Å². The molecule has 22 heavy (non-hydrogen) atoms. The van der Waals surface area contributed by atoms with Crippen molar-refractivity contribution in [3.05, 3.63) is 69.6 Å². The number of H-pyrrole nitrogens is 1. The van der Waals surface area contributed by atoms with E-state index in [0.717, 1.165) is 17.1 Å². The molecule has 1 N–H and O–H groups in total. The van der Waals surface area contributed by atoms with Crippen LogP contribution in [0.3, 0.4) is 0 Å². The van der Waals surface area contributed by atoms with Gasteiger partial charge in [0, 0.05) is 32.7 Å². The molecule has 0 atom stereocenters. The quantitative estimate of drug-likeness (QED) is 0.545. The Kier molecular flexibility index (Phi) is 9.35. The van der Waals surface area contributed by atoms with E-state index in [4.69, 9.17) is 0 Å². The zero-order valence-electron chi connectivity index (χ0n) is 12.7. The number of aromatic nitrogens is 2. The Labute approximate surface area is 146 Å². The first-order chi connectivity index (χ1) is 9.74. The van der Waals surface area contributed by atoms with E-state index < -0.39 is 0 Å². The topological polar surface area (TPSA) is 49.0 Å². The Bertz CT molecular complexity index is 589. The molecule has 2 rings (SSSR count). The Morgan fingerprint density at radius 1 is 1.23 bits per heavy atom. The molecule has 0 aliphatic heterocycles. The van der Waals surface area contributed by atoms with Crippen LogP contribution in [0.25, 0.3) is 17.5 Å². The van der Waals surface area contributed by atoms with Crippen LogP contribution in [0.5, 0.6) is 0 Å². The summed E-state index contributed by atoms with van der Waals surface area (Å²) in [6.45, 7) is 8.19. The van der Waals surface area contributed by atoms with Crippen molar-refractivity contribution < 1.29 is 25.9 Å². The fraction of sp³-hybridized carbons (Fsp3) is 0.118. The molecule has 0 saturated carbocycles. The molecule has 0 fully saturated rings. The molecule has 0 spiro atoms. The number of carbonyl (C=O) groups is 1. The molecule has 1 aromatic heterocycles. The first-order valence-corrected chi connectivity index (χ1v) is 6.40. The third-order valence-electron chi connectivity index (χ3n) is 2.90. The number of nitrogens with one attached hydrogen (secondary N) is 1. The number of nitrogens with zero attached hydrogens (tertiary/aromatic N) is 2. The van der Waals surface area contributed by atoms with Crippen molar-refractivity contribution in [3.63, 3.8) is 0 Å². The number of hydrogen-bond donors (Lipinski definition) is 1. The summed E-state index contributed by atoms with van der Waals surface area (Å²) in [5.41, 5.74) is 1.79. The molecule has 1 heterocycles. The maximum atomic E-state index is 11.8. The zero-order chi connectivity index (χ0) is 14.4. The van der Waals surface area contributed by atoms with Gasteiger partial charge in [-0.3, -0.25) is 4.79 Å². The molecule has 2 aromatic rings. The molecule has 0 aliphatic rings. The molecule has 4 nitrogen and oxygen atoms in total. The zero-order valence-corrected chi connectivity index (χ0v) is 15.6. The normalized spacial score (nSPS) is 9.91. The van der Waals surface area contributed by atoms with E-state index >= 15 is 0 Å². The van der Waals surface area contributed by atoms with E-state index in [1.165, 1.54) is 6.08 Å². The monoisotopic (exact) mass is 466 g/mol. The minimum Gasteiger partial charge on any atom is -0.399 e. The van der Waals surface area contributed by atoms with Gasteiger partial charge in [0.25, 0.3) is 0 Å². The third-order valence-corrected chi connectivity index (χ3v) is 2.90. The standard InChI is InChI=1S/C16H17N3O.CH3.W/c1-3-19(4-2)15(20)11-10-14-12-17-16(18-14)13-8-6-5-7-9-13;;/h5-12H,1-4H2,(H,17,18);1H3;/q-2;-1;/b11-10+;;. The van der Waals surface area contributed by atoms with Gasteiger partial charge >= 0.3 is 0 Å². The Balaban J connectivity index is 0.00000220. The van der Waals surface area contributed by atoms with E-state index in [-0.39, 0.29) is 34.4 Å². The summed E-state index contributed by atoms with van der Waals surface area (Å²) in [6.07, 6.45) is 4.91. The summed E-state index contributed by atoms with van der Waals surface area (Å²) in [6, 6.07) is 9.82. The van der Waals surface area contributed by atoms with E-state index in [0.29, 0.717) is 13.1 Å². The molecule has 0 aliphatic carbocycles. The second-order valence-electron chi connectivity index (χ2n) is 4.21. The average molecular weight is 466 g/mol. The van der Waals surface area contributed by atoms with Crippen molar-refractivity contribution in [2.24, 2.45) is 0 Å². The number of carbonyl (C=O) groups excluding carboxylic acids is 1. The predicted octanol–water partition coefficient (Wildman–Crippen LogP) is 3.03. The van der Waals surface area contributed by atoms with Crippen molar-refractivity contribution in [3.8, 4) is 11.4 Å². The van der Waals surface area contributed by atoms with E-state index in [2.05, 4.69) is 23.8 Å². The first kappa shape index (κ1) is 20.3. The van der Waals surface area contributed by atoms with Crippen LogP contribution >= 0.6 is 0 Å². The van der Waals surface area contributed by atoms with Crippen molar-refractivity contribution in [2.75, 3.05) is 13.1 Å². The number of amides is 1. The maximum absolute atomic E-state index is 11.8. The number of benzene rings is 1. The average Bonchev–Trinajstić information content (AvgIpc) is 2.96. The minimum atomic E-state index is -0.106. The molecule has 0 bridgehead atoms. The van der Waals surface area contributed by atoms with E-state index in [1.807, 2.05) is 30.3 Å². The van der Waals surface area contributed by atoms with Crippen LogP contribution in [-0.2, 0) is 25.9 Å². The number of aromatic amines is 1. The van der Waals surface area contributed by atoms with Crippen LogP contribution in [0.1, 0.15) is 5.69 Å². The van der Waals surface area contributed by atoms with Crippen LogP contribution in [0.15, 0.2) is 42.6 Å². The molecule has 118 valence electrons. The van der Waals surface area contributed by atoms with Gasteiger partial charge in [-0.15, -0.1) is 13.1 Å². The Morgan fingerprint density at radius 2 is 1.86 bits per heavy atom. The first-order valence-electron chi connectivity index (χ1n) is 6.40. The largest absolute Gasteiger partial charge is 0.399 e. The fourth-order valence-corrected chi connectivity index (χ4v) is 1.76. The van der Waals surface area contributed by atoms with Gasteiger partial charge in [-0.1, -0.05) is 30.3 Å². The number of imidazole rings is 1. The molecular formula is C17H20N3OW-3. The van der Waals surface area contributed by atoms with Gasteiger partial charge in [-0.05, 0) is 6.08 Å². The minimum absolute atomic E-state index is 0. The van der Waals surface area contributed by atoms with Gasteiger partial charge in [0.05, 0.1) is 11.9 Å². The van der Waals surface area contributed by atoms with Crippen molar-refractivity contribution >= 4 is 12.0 Å². The van der Waals surface area contributed by atoms with Crippen LogP contribution in [0, 0.1) is 21.3 Å². The van der Waals surface area contributed by atoms with Gasteiger partial charge in [-0.25, -0.2) is 4.98 Å². The fourth-order valence-electron chi connectivity index (χ4n) is 1.76. The van der Waals surface area contributed by atoms with Gasteiger partial charge < -0.3 is 31.2 Å². The number of hydrogen-bond acceptors (Lipinski definition) is 2. The molecule has 0 unspecified atom stereocenters. The summed E-state index contributed by atoms with van der Waals surface area (Å²) < 4.78 is 0. The maximum Gasteiger partial charge on any atom is 0.241 e. The number of rotatable bonds is 5. The SMILES string of the molecule is [CH2-]CN(C[CH2-])C(=O)/C=C/c1cnc(-c2ccccc2)[nH]1.[CH3-].[W]. The molecule has 0 saturated heterocycles. The molecule has 5 heteroatoms. The van der Waals surface area contributed by atoms with Crippen LogP contribution in [-0.4, -0.2) is 33.9 Å². The Hall–Kier alpha value is -1.67. The second kappa shape index (κ2) is 10.1. The molecular weight excluding hydrogens is 446 g/mol. The van der Waals surface area contributed by atoms with Crippen molar-refractivity contribution in [2.45, 2.75) is 0 Å². The van der Waals surface area contributed by atoms with Gasteiger partial charge in [0.2, 0.25) is 5.91 Å². The summed E-state index contributed by atoms with van der Waals surface area (Å²) in [4.78, 5) is 20.8. The molecule has 1 aromatic carbocycles. The van der Waals surface area contributed by atoms with Gasteiger partial charge in [0.15, 0.2) is 0 Å². The summed E-state index contributed by atoms with van der Waals surface area (Å²) >= 11 is 0. The van der Waals surface area contributed by atoms with Crippen LogP contribution < -0.4 is 0 Å². The summed E-state index contributed by atoms with van der Waals surface area (Å²) in [7, 11) is 0. The van der Waals surface area contributed by atoms with Gasteiger partial charge in [-0.2, -0.15) is 0 Å². The van der Waals surface area contributed by atoms with Crippen molar-refractivity contribution in [1.82, 2.24) is 14.9 Å². The Morgan fingerprint density at radius 3 is 2.45 bits per heavy atom. The second-order valence-corrected chi connectivity index (χ2v) is 4.21. The summed E-state index contributed by atoms with van der Waals surface area (Å²) in [5.74, 6) is 0.676. The summed E-state index contributed by atoms with van der Waals surface area (Å²) in [5, 5.41) is 0. The third kappa shape index (κ3) is 5.27. The predicted molar refractivity (Wildman–Crippen MR) is 86.8 cm³/mol. The molecule has 0 radical (unpaired) electrons. The van der Waals surface area contributed by atoms with Gasteiger partial charge in [0.1, 0.15) is 5.82 Å². The van der Waals surface area contributed by atoms with Crippen LogP contribution in [0.4, 0.5) is 0 Å². The van der Waals surface area contributed by atoms with Crippen LogP contribution in [0.2, 0.25) is 0 Å². The molecule has 1 amide bonds.